The first kappa shape index (κ1) is 24.1. The van der Waals surface area contributed by atoms with E-state index in [0.29, 0.717) is 22.8 Å². The average Bonchev–Trinajstić information content (AvgIpc) is 3.19. The second kappa shape index (κ2) is 10.5. The second-order valence-electron chi connectivity index (χ2n) is 8.34. The van der Waals surface area contributed by atoms with Gasteiger partial charge in [0.2, 0.25) is 5.91 Å². The predicted molar refractivity (Wildman–Crippen MR) is 136 cm³/mol. The summed E-state index contributed by atoms with van der Waals surface area (Å²) in [5, 5.41) is 6.23. The molecule has 4 rings (SSSR count). The number of halogens is 1. The standard InChI is InChI=1S/C26H26ClN3O3S/c1-16(2)33-25(32)23-17(3)29-26-30(24(23)19-9-11-20(27)12-10-19)21(15-34-26)13-22(31)28-14-18-7-5-4-6-8-18/h4-12,15-16,24H,13-14H2,1-3H3,(H,28,31)/t24-/m1/s1. The number of aliphatic imine (C=N–C) groups is 1. The molecule has 1 amide bonds. The Morgan fingerprint density at radius 2 is 1.85 bits per heavy atom. The van der Waals surface area contributed by atoms with E-state index in [1.54, 1.807) is 12.1 Å². The molecule has 2 aliphatic heterocycles. The second-order valence-corrected chi connectivity index (χ2v) is 9.61. The number of fused-ring (bicyclic) bond motifs is 1. The minimum Gasteiger partial charge on any atom is -0.459 e. The van der Waals surface area contributed by atoms with Gasteiger partial charge in [-0.25, -0.2) is 9.79 Å². The molecule has 2 heterocycles. The first-order chi connectivity index (χ1) is 16.3. The number of benzene rings is 2. The first-order valence-electron chi connectivity index (χ1n) is 11.0. The zero-order chi connectivity index (χ0) is 24.2. The van der Waals surface area contributed by atoms with Crippen LogP contribution in [0.5, 0.6) is 0 Å². The monoisotopic (exact) mass is 495 g/mol. The summed E-state index contributed by atoms with van der Waals surface area (Å²) in [6.07, 6.45) is -0.107. The van der Waals surface area contributed by atoms with Gasteiger partial charge >= 0.3 is 5.97 Å². The summed E-state index contributed by atoms with van der Waals surface area (Å²) in [6, 6.07) is 16.7. The van der Waals surface area contributed by atoms with E-state index in [-0.39, 0.29) is 18.4 Å². The first-order valence-corrected chi connectivity index (χ1v) is 12.3. The number of amidine groups is 1. The SMILES string of the molecule is CC1=C(C(=O)OC(C)C)[C@@H](c2ccc(Cl)cc2)N2C(CC(=O)NCc3ccccc3)=CSC2=N1. The minimum atomic E-state index is -0.473. The molecule has 2 aromatic rings. The van der Waals surface area contributed by atoms with E-state index in [1.807, 2.05) is 73.5 Å². The number of nitrogens with one attached hydrogen (secondary N) is 1. The number of nitrogens with zero attached hydrogens (tertiary/aromatic N) is 2. The number of hydrogen-bond donors (Lipinski definition) is 1. The van der Waals surface area contributed by atoms with Gasteiger partial charge in [0.25, 0.3) is 0 Å². The smallest absolute Gasteiger partial charge is 0.338 e. The predicted octanol–water partition coefficient (Wildman–Crippen LogP) is 5.57. The highest BCUT2D eigenvalue weighted by Crippen LogP contribution is 2.45. The summed E-state index contributed by atoms with van der Waals surface area (Å²) in [7, 11) is 0. The van der Waals surface area contributed by atoms with Crippen molar-refractivity contribution in [2.24, 2.45) is 4.99 Å². The lowest BCUT2D eigenvalue weighted by atomic mass is 9.94. The van der Waals surface area contributed by atoms with Crippen LogP contribution in [-0.2, 0) is 20.9 Å². The van der Waals surface area contributed by atoms with Crippen molar-refractivity contribution >= 4 is 40.4 Å². The van der Waals surface area contributed by atoms with Crippen LogP contribution in [0.2, 0.25) is 5.02 Å². The highest BCUT2D eigenvalue weighted by atomic mass is 35.5. The molecule has 0 aromatic heterocycles. The lowest BCUT2D eigenvalue weighted by molar-refractivity contribution is -0.143. The molecule has 6 nitrogen and oxygen atoms in total. The van der Waals surface area contributed by atoms with Gasteiger partial charge in [-0.15, -0.1) is 0 Å². The van der Waals surface area contributed by atoms with Gasteiger partial charge in [-0.2, -0.15) is 0 Å². The molecular formula is C26H26ClN3O3S. The molecule has 1 atom stereocenters. The molecule has 34 heavy (non-hydrogen) atoms. The third-order valence-electron chi connectivity index (χ3n) is 5.42. The molecule has 0 unspecified atom stereocenters. The van der Waals surface area contributed by atoms with E-state index in [9.17, 15) is 9.59 Å². The molecule has 2 aliphatic rings. The largest absolute Gasteiger partial charge is 0.459 e. The van der Waals surface area contributed by atoms with Gasteiger partial charge in [-0.1, -0.05) is 65.8 Å². The summed E-state index contributed by atoms with van der Waals surface area (Å²) in [4.78, 5) is 32.6. The molecule has 0 radical (unpaired) electrons. The van der Waals surface area contributed by atoms with Crippen LogP contribution in [0, 0.1) is 0 Å². The fraction of sp³-hybridized carbons (Fsp3) is 0.269. The van der Waals surface area contributed by atoms with E-state index in [4.69, 9.17) is 16.3 Å². The molecule has 0 saturated heterocycles. The van der Waals surface area contributed by atoms with Crippen molar-refractivity contribution in [3.63, 3.8) is 0 Å². The number of rotatable bonds is 7. The van der Waals surface area contributed by atoms with E-state index in [2.05, 4.69) is 10.3 Å². The summed E-state index contributed by atoms with van der Waals surface area (Å²) < 4.78 is 5.56. The molecule has 0 aliphatic carbocycles. The molecule has 0 bridgehead atoms. The number of amides is 1. The molecular weight excluding hydrogens is 470 g/mol. The van der Waals surface area contributed by atoms with Crippen LogP contribution in [0.1, 0.15) is 44.4 Å². The quantitative estimate of drug-likeness (QED) is 0.508. The number of allylic oxidation sites excluding steroid dienone is 1. The lowest BCUT2D eigenvalue weighted by Gasteiger charge is -2.36. The van der Waals surface area contributed by atoms with Gasteiger partial charge in [0.1, 0.15) is 0 Å². The minimum absolute atomic E-state index is 0.107. The van der Waals surface area contributed by atoms with Gasteiger partial charge in [0, 0.05) is 17.3 Å². The van der Waals surface area contributed by atoms with E-state index >= 15 is 0 Å². The van der Waals surface area contributed by atoms with Crippen molar-refractivity contribution in [1.29, 1.82) is 0 Å². The van der Waals surface area contributed by atoms with Gasteiger partial charge in [0.05, 0.1) is 29.8 Å². The van der Waals surface area contributed by atoms with E-state index in [1.165, 1.54) is 11.8 Å². The maximum Gasteiger partial charge on any atom is 0.338 e. The van der Waals surface area contributed by atoms with Crippen molar-refractivity contribution in [2.75, 3.05) is 0 Å². The summed E-state index contributed by atoms with van der Waals surface area (Å²) in [6.45, 7) is 5.90. The Balaban J connectivity index is 1.61. The van der Waals surface area contributed by atoms with Gasteiger partial charge in [-0.05, 0) is 49.4 Å². The van der Waals surface area contributed by atoms with Crippen LogP contribution < -0.4 is 5.32 Å². The molecule has 8 heteroatoms. The van der Waals surface area contributed by atoms with Crippen LogP contribution in [0.25, 0.3) is 0 Å². The van der Waals surface area contributed by atoms with Crippen LogP contribution in [-0.4, -0.2) is 28.0 Å². The number of thioether (sulfide) groups is 1. The van der Waals surface area contributed by atoms with Crippen LogP contribution >= 0.6 is 23.4 Å². The summed E-state index contributed by atoms with van der Waals surface area (Å²) >= 11 is 7.58. The zero-order valence-electron chi connectivity index (χ0n) is 19.2. The fourth-order valence-corrected chi connectivity index (χ4v) is 4.98. The Morgan fingerprint density at radius 3 is 2.53 bits per heavy atom. The Kier molecular flexibility index (Phi) is 7.44. The third-order valence-corrected chi connectivity index (χ3v) is 6.56. The van der Waals surface area contributed by atoms with Gasteiger partial charge in [0.15, 0.2) is 5.17 Å². The average molecular weight is 496 g/mol. The van der Waals surface area contributed by atoms with Gasteiger partial charge < -0.3 is 15.0 Å². The molecule has 1 N–H and O–H groups in total. The maximum atomic E-state index is 13.1. The Labute approximate surface area is 208 Å². The molecule has 0 fully saturated rings. The van der Waals surface area contributed by atoms with Crippen LogP contribution in [0.3, 0.4) is 0 Å². The fourth-order valence-electron chi connectivity index (χ4n) is 3.89. The Bertz CT molecular complexity index is 1170. The van der Waals surface area contributed by atoms with Crippen molar-refractivity contribution in [1.82, 2.24) is 10.2 Å². The number of carbonyl (C=O) groups is 2. The topological polar surface area (TPSA) is 71.0 Å². The number of carbonyl (C=O) groups excluding carboxylic acids is 2. The number of esters is 1. The van der Waals surface area contributed by atoms with Crippen LogP contribution in [0.4, 0.5) is 0 Å². The van der Waals surface area contributed by atoms with Crippen molar-refractivity contribution < 1.29 is 14.3 Å². The molecule has 2 aromatic carbocycles. The van der Waals surface area contributed by atoms with Gasteiger partial charge in [-0.3, -0.25) is 4.79 Å². The Morgan fingerprint density at radius 1 is 1.15 bits per heavy atom. The molecule has 0 spiro atoms. The number of ether oxygens (including phenoxy) is 1. The van der Waals surface area contributed by atoms with Crippen molar-refractivity contribution in [3.8, 4) is 0 Å². The number of hydrogen-bond acceptors (Lipinski definition) is 6. The normalized spacial score (nSPS) is 17.3. The van der Waals surface area contributed by atoms with Crippen molar-refractivity contribution in [3.05, 3.63) is 93.1 Å². The van der Waals surface area contributed by atoms with Crippen molar-refractivity contribution in [2.45, 2.75) is 45.9 Å². The molecule has 176 valence electrons. The maximum absolute atomic E-state index is 13.1. The zero-order valence-corrected chi connectivity index (χ0v) is 20.8. The summed E-state index contributed by atoms with van der Waals surface area (Å²) in [5.41, 5.74) is 3.73. The third kappa shape index (κ3) is 5.37. The van der Waals surface area contributed by atoms with E-state index < -0.39 is 12.0 Å². The summed E-state index contributed by atoms with van der Waals surface area (Å²) in [5.74, 6) is -0.524. The highest BCUT2D eigenvalue weighted by Gasteiger charge is 2.41. The highest BCUT2D eigenvalue weighted by molar-refractivity contribution is 8.16. The van der Waals surface area contributed by atoms with E-state index in [0.717, 1.165) is 22.0 Å². The molecule has 0 saturated carbocycles. The van der Waals surface area contributed by atoms with Crippen LogP contribution in [0.15, 0.2) is 82.0 Å². The Hall–Kier alpha value is -3.03. The lowest BCUT2D eigenvalue weighted by Crippen LogP contribution is -2.38.